The number of nitrogens with zero attached hydrogens (tertiary/aromatic N) is 4. The van der Waals surface area contributed by atoms with Gasteiger partial charge in [0.15, 0.2) is 5.82 Å². The summed E-state index contributed by atoms with van der Waals surface area (Å²) in [6.07, 6.45) is 1.37. The van der Waals surface area contributed by atoms with Crippen LogP contribution in [0.15, 0.2) is 105 Å². The van der Waals surface area contributed by atoms with Crippen molar-refractivity contribution >= 4 is 45.0 Å². The van der Waals surface area contributed by atoms with Crippen LogP contribution < -0.4 is 9.62 Å². The van der Waals surface area contributed by atoms with Crippen LogP contribution in [0.3, 0.4) is 0 Å². The fraction of sp³-hybridized carbons (Fsp3) is 0.0385. The number of hydrogen-bond donors (Lipinski definition) is 1. The maximum atomic E-state index is 13.5. The Labute approximate surface area is 216 Å². The molecule has 0 unspecified atom stereocenters. The van der Waals surface area contributed by atoms with Gasteiger partial charge < -0.3 is 4.52 Å². The maximum Gasteiger partial charge on any atom is 0.282 e. The molecule has 0 atom stereocenters. The number of carbonyl (C=O) groups excluding carboxylic acids is 1. The summed E-state index contributed by atoms with van der Waals surface area (Å²) in [7, 11) is -3.97. The fourth-order valence-corrected chi connectivity index (χ4v) is 4.83. The Bertz CT molecular complexity index is 1710. The highest BCUT2D eigenvalue weighted by Gasteiger charge is 2.33. The predicted octanol–water partition coefficient (Wildman–Crippen LogP) is 4.53. The van der Waals surface area contributed by atoms with Gasteiger partial charge in [-0.2, -0.15) is 0 Å². The van der Waals surface area contributed by atoms with Gasteiger partial charge in [0, 0.05) is 17.7 Å². The second-order valence-electron chi connectivity index (χ2n) is 8.21. The lowest BCUT2D eigenvalue weighted by Crippen LogP contribution is -2.32. The minimum Gasteiger partial charge on any atom is -0.360 e. The van der Waals surface area contributed by atoms with Crippen LogP contribution in [0.4, 0.5) is 17.2 Å². The number of rotatable bonds is 7. The number of carbonyl (C=O) groups is 1. The van der Waals surface area contributed by atoms with Crippen molar-refractivity contribution in [1.29, 1.82) is 0 Å². The molecule has 0 bridgehead atoms. The minimum absolute atomic E-state index is 0.00193. The molecule has 12 heteroatoms. The van der Waals surface area contributed by atoms with Crippen LogP contribution in [0.2, 0.25) is 0 Å². The number of nitrogens with one attached hydrogen (secondary N) is 1. The van der Waals surface area contributed by atoms with E-state index in [9.17, 15) is 23.3 Å². The van der Waals surface area contributed by atoms with Crippen molar-refractivity contribution in [2.24, 2.45) is 4.99 Å². The Balaban J connectivity index is 1.52. The number of aliphatic imine (C=N–C) groups is 1. The molecule has 5 rings (SSSR count). The summed E-state index contributed by atoms with van der Waals surface area (Å²) in [6.45, 7) is 1.64. The molecule has 1 aliphatic heterocycles. The predicted molar refractivity (Wildman–Crippen MR) is 140 cm³/mol. The third-order valence-corrected chi connectivity index (χ3v) is 6.96. The molecule has 3 aromatic carbocycles. The van der Waals surface area contributed by atoms with Gasteiger partial charge in [-0.3, -0.25) is 24.5 Å². The summed E-state index contributed by atoms with van der Waals surface area (Å²) in [5.74, 6) is 0.272. The second kappa shape index (κ2) is 9.75. The van der Waals surface area contributed by atoms with Crippen molar-refractivity contribution in [2.75, 3.05) is 9.62 Å². The number of aromatic nitrogens is 1. The lowest BCUT2D eigenvalue weighted by molar-refractivity contribution is -0.385. The van der Waals surface area contributed by atoms with Crippen LogP contribution in [0.5, 0.6) is 0 Å². The highest BCUT2D eigenvalue weighted by atomic mass is 32.2. The summed E-state index contributed by atoms with van der Waals surface area (Å²) < 4.78 is 32.8. The number of para-hydroxylation sites is 1. The highest BCUT2D eigenvalue weighted by molar-refractivity contribution is 7.92. The van der Waals surface area contributed by atoms with Gasteiger partial charge in [-0.05, 0) is 43.3 Å². The van der Waals surface area contributed by atoms with Gasteiger partial charge in [0.05, 0.1) is 21.1 Å². The number of amidine groups is 1. The summed E-state index contributed by atoms with van der Waals surface area (Å²) in [5, 5.41) is 15.1. The summed E-state index contributed by atoms with van der Waals surface area (Å²) in [5.41, 5.74) is 1.06. The Kier molecular flexibility index (Phi) is 6.31. The first kappa shape index (κ1) is 24.6. The molecule has 0 spiro atoms. The van der Waals surface area contributed by atoms with Crippen LogP contribution in [0.25, 0.3) is 6.08 Å². The van der Waals surface area contributed by atoms with E-state index in [1.54, 1.807) is 37.3 Å². The van der Waals surface area contributed by atoms with Gasteiger partial charge in [-0.25, -0.2) is 13.4 Å². The Morgan fingerprint density at radius 2 is 1.68 bits per heavy atom. The molecule has 1 N–H and O–H groups in total. The van der Waals surface area contributed by atoms with Gasteiger partial charge in [0.2, 0.25) is 0 Å². The lowest BCUT2D eigenvalue weighted by Gasteiger charge is -2.19. The van der Waals surface area contributed by atoms with E-state index in [4.69, 9.17) is 4.52 Å². The van der Waals surface area contributed by atoms with E-state index in [1.807, 2.05) is 6.07 Å². The third kappa shape index (κ3) is 4.80. The molecule has 0 radical (unpaired) electrons. The van der Waals surface area contributed by atoms with Crippen LogP contribution >= 0.6 is 0 Å². The fourth-order valence-electron chi connectivity index (χ4n) is 3.85. The third-order valence-electron chi connectivity index (χ3n) is 5.59. The van der Waals surface area contributed by atoms with Crippen LogP contribution in [0.1, 0.15) is 16.9 Å². The first-order chi connectivity index (χ1) is 18.2. The SMILES string of the molecule is Cc1cc(NS(=O)(=O)c2ccc(N3C(=O)/C(=C\c4ccccc4[N+](=O)[O-])N=C3c3ccccc3)cc2)no1. The van der Waals surface area contributed by atoms with E-state index >= 15 is 0 Å². The van der Waals surface area contributed by atoms with Crippen LogP contribution in [-0.2, 0) is 14.8 Å². The summed E-state index contributed by atoms with van der Waals surface area (Å²) >= 11 is 0. The average Bonchev–Trinajstić information content (AvgIpc) is 3.46. The van der Waals surface area contributed by atoms with Gasteiger partial charge in [-0.15, -0.1) is 0 Å². The normalized spacial score (nSPS) is 14.6. The molecular weight excluding hydrogens is 510 g/mol. The van der Waals surface area contributed by atoms with E-state index in [0.717, 1.165) is 0 Å². The number of hydrogen-bond acceptors (Lipinski definition) is 8. The zero-order valence-electron chi connectivity index (χ0n) is 19.8. The topological polar surface area (TPSA) is 148 Å². The van der Waals surface area contributed by atoms with Crippen LogP contribution in [0, 0.1) is 17.0 Å². The molecule has 0 aliphatic carbocycles. The molecule has 38 heavy (non-hydrogen) atoms. The van der Waals surface area contributed by atoms with E-state index in [0.29, 0.717) is 22.8 Å². The van der Waals surface area contributed by atoms with Crippen molar-refractivity contribution in [3.05, 3.63) is 118 Å². The van der Waals surface area contributed by atoms with Gasteiger partial charge in [-0.1, -0.05) is 47.6 Å². The Hall–Kier alpha value is -5.10. The van der Waals surface area contributed by atoms with Gasteiger partial charge >= 0.3 is 0 Å². The van der Waals surface area contributed by atoms with Crippen molar-refractivity contribution < 1.29 is 22.7 Å². The zero-order valence-corrected chi connectivity index (χ0v) is 20.6. The Morgan fingerprint density at radius 1 is 1.00 bits per heavy atom. The number of anilines is 2. The first-order valence-electron chi connectivity index (χ1n) is 11.2. The second-order valence-corrected chi connectivity index (χ2v) is 9.89. The molecule has 1 amide bonds. The van der Waals surface area contributed by atoms with Gasteiger partial charge in [0.1, 0.15) is 17.3 Å². The molecule has 190 valence electrons. The smallest absolute Gasteiger partial charge is 0.282 e. The largest absolute Gasteiger partial charge is 0.360 e. The quantitative estimate of drug-likeness (QED) is 0.210. The van der Waals surface area contributed by atoms with Crippen molar-refractivity contribution in [3.8, 4) is 0 Å². The Morgan fingerprint density at radius 3 is 2.34 bits per heavy atom. The monoisotopic (exact) mass is 529 g/mol. The minimum atomic E-state index is -3.97. The van der Waals surface area contributed by atoms with E-state index in [2.05, 4.69) is 14.9 Å². The zero-order chi connectivity index (χ0) is 26.9. The number of nitro benzene ring substituents is 1. The molecule has 11 nitrogen and oxygen atoms in total. The molecule has 1 aromatic heterocycles. The summed E-state index contributed by atoms with van der Waals surface area (Å²) in [4.78, 5) is 30.2. The van der Waals surface area contributed by atoms with Gasteiger partial charge in [0.25, 0.3) is 21.6 Å². The van der Waals surface area contributed by atoms with E-state index < -0.39 is 20.9 Å². The number of aryl methyl sites for hydroxylation is 1. The molecule has 2 heterocycles. The number of sulfonamides is 1. The highest BCUT2D eigenvalue weighted by Crippen LogP contribution is 2.30. The molecule has 4 aromatic rings. The van der Waals surface area contributed by atoms with Crippen molar-refractivity contribution in [2.45, 2.75) is 11.8 Å². The molecular formula is C26H19N5O6S. The standard InChI is InChI=1S/C26H19N5O6S/c1-17-15-24(28-37-17)29-38(35,36)21-13-11-20(12-14-21)30-25(18-7-3-2-4-8-18)27-22(26(30)32)16-19-9-5-6-10-23(19)31(33)34/h2-16H,1H3,(H,28,29)/b22-16+. The number of nitro groups is 1. The molecule has 0 saturated heterocycles. The average molecular weight is 530 g/mol. The molecule has 0 fully saturated rings. The molecule has 0 saturated carbocycles. The number of benzene rings is 3. The van der Waals surface area contributed by atoms with E-state index in [1.165, 1.54) is 59.5 Å². The first-order valence-corrected chi connectivity index (χ1v) is 12.7. The van der Waals surface area contributed by atoms with E-state index in [-0.39, 0.29) is 27.7 Å². The number of amides is 1. The van der Waals surface area contributed by atoms with Crippen molar-refractivity contribution in [1.82, 2.24) is 5.16 Å². The maximum absolute atomic E-state index is 13.5. The van der Waals surface area contributed by atoms with Crippen LogP contribution in [-0.4, -0.2) is 30.2 Å². The lowest BCUT2D eigenvalue weighted by atomic mass is 10.1. The van der Waals surface area contributed by atoms with Crippen molar-refractivity contribution in [3.63, 3.8) is 0 Å². The molecule has 1 aliphatic rings. The summed E-state index contributed by atoms with van der Waals surface area (Å²) in [6, 6.07) is 22.1.